The zero-order valence-electron chi connectivity index (χ0n) is 12.7. The molecular formula is C14H27N5. The van der Waals surface area contributed by atoms with Gasteiger partial charge < -0.3 is 10.6 Å². The van der Waals surface area contributed by atoms with E-state index in [2.05, 4.69) is 40.5 Å². The lowest BCUT2D eigenvalue weighted by Gasteiger charge is -2.40. The van der Waals surface area contributed by atoms with E-state index in [4.69, 9.17) is 5.73 Å². The number of anilines is 2. The van der Waals surface area contributed by atoms with E-state index in [1.807, 2.05) is 6.92 Å². The summed E-state index contributed by atoms with van der Waals surface area (Å²) in [6.07, 6.45) is 2.26. The van der Waals surface area contributed by atoms with E-state index in [0.717, 1.165) is 49.8 Å². The average molecular weight is 265 g/mol. The van der Waals surface area contributed by atoms with Gasteiger partial charge >= 0.3 is 0 Å². The van der Waals surface area contributed by atoms with E-state index in [-0.39, 0.29) is 0 Å². The Balaban J connectivity index is 2.25. The lowest BCUT2D eigenvalue weighted by molar-refractivity contribution is 0.212. The van der Waals surface area contributed by atoms with E-state index >= 15 is 0 Å². The summed E-state index contributed by atoms with van der Waals surface area (Å²) in [6.45, 7) is 10.5. The molecule has 19 heavy (non-hydrogen) atoms. The van der Waals surface area contributed by atoms with Crippen molar-refractivity contribution in [2.75, 3.05) is 37.3 Å². The maximum absolute atomic E-state index is 6.25. The monoisotopic (exact) mass is 265 g/mol. The zero-order valence-corrected chi connectivity index (χ0v) is 12.7. The Hall–Kier alpha value is -1.23. The molecule has 1 atom stereocenters. The van der Waals surface area contributed by atoms with Gasteiger partial charge in [-0.1, -0.05) is 13.8 Å². The van der Waals surface area contributed by atoms with Gasteiger partial charge in [0, 0.05) is 32.2 Å². The zero-order chi connectivity index (χ0) is 14.0. The molecule has 0 radical (unpaired) electrons. The van der Waals surface area contributed by atoms with Crippen LogP contribution in [0.1, 0.15) is 32.4 Å². The summed E-state index contributed by atoms with van der Waals surface area (Å²) in [6, 6.07) is 0.610. The van der Waals surface area contributed by atoms with Crippen LogP contribution in [0.4, 0.5) is 11.5 Å². The fourth-order valence-corrected chi connectivity index (χ4v) is 2.86. The van der Waals surface area contributed by atoms with Crippen molar-refractivity contribution in [1.82, 2.24) is 14.7 Å². The molecule has 1 fully saturated rings. The predicted octanol–water partition coefficient (Wildman–Crippen LogP) is 1.71. The van der Waals surface area contributed by atoms with Gasteiger partial charge in [0.05, 0.1) is 11.4 Å². The van der Waals surface area contributed by atoms with E-state index in [0.29, 0.717) is 6.04 Å². The first kappa shape index (κ1) is 14.2. The van der Waals surface area contributed by atoms with Crippen LogP contribution in [0, 0.1) is 6.92 Å². The van der Waals surface area contributed by atoms with Gasteiger partial charge in [0.2, 0.25) is 0 Å². The second-order valence-electron chi connectivity index (χ2n) is 5.53. The summed E-state index contributed by atoms with van der Waals surface area (Å²) in [5.41, 5.74) is 8.06. The fraction of sp³-hybridized carbons (Fsp3) is 0.786. The van der Waals surface area contributed by atoms with Gasteiger partial charge in [-0.15, -0.1) is 0 Å². The van der Waals surface area contributed by atoms with Crippen LogP contribution >= 0.6 is 0 Å². The molecule has 108 valence electrons. The van der Waals surface area contributed by atoms with Crippen LogP contribution in [0.25, 0.3) is 0 Å². The van der Waals surface area contributed by atoms with Gasteiger partial charge in [0.15, 0.2) is 5.82 Å². The van der Waals surface area contributed by atoms with Crippen molar-refractivity contribution < 1.29 is 0 Å². The second-order valence-corrected chi connectivity index (χ2v) is 5.53. The Morgan fingerprint density at radius 1 is 1.32 bits per heavy atom. The number of aromatic nitrogens is 2. The van der Waals surface area contributed by atoms with Crippen LogP contribution in [0.15, 0.2) is 0 Å². The van der Waals surface area contributed by atoms with Crippen LogP contribution in [-0.2, 0) is 6.54 Å². The van der Waals surface area contributed by atoms with Crippen molar-refractivity contribution in [3.05, 3.63) is 5.69 Å². The van der Waals surface area contributed by atoms with Crippen molar-refractivity contribution in [3.8, 4) is 0 Å². The van der Waals surface area contributed by atoms with Crippen LogP contribution in [0.2, 0.25) is 0 Å². The van der Waals surface area contributed by atoms with Crippen molar-refractivity contribution in [2.24, 2.45) is 0 Å². The predicted molar refractivity (Wildman–Crippen MR) is 80.6 cm³/mol. The van der Waals surface area contributed by atoms with Crippen LogP contribution < -0.4 is 10.6 Å². The topological polar surface area (TPSA) is 50.3 Å². The molecule has 2 heterocycles. The van der Waals surface area contributed by atoms with E-state index in [9.17, 15) is 0 Å². The van der Waals surface area contributed by atoms with Gasteiger partial charge in [-0.05, 0) is 26.8 Å². The van der Waals surface area contributed by atoms with E-state index < -0.39 is 0 Å². The third-order valence-corrected chi connectivity index (χ3v) is 4.13. The highest BCUT2D eigenvalue weighted by atomic mass is 15.4. The molecule has 0 saturated carbocycles. The number of likely N-dealkylation sites (N-methyl/N-ethyl adjacent to an activating group) is 1. The normalized spacial score (nSPS) is 21.1. The maximum atomic E-state index is 6.25. The summed E-state index contributed by atoms with van der Waals surface area (Å²) >= 11 is 0. The second kappa shape index (κ2) is 5.82. The molecule has 1 saturated heterocycles. The molecule has 0 aliphatic carbocycles. The molecule has 1 aliphatic heterocycles. The molecule has 0 amide bonds. The molecule has 1 aliphatic rings. The summed E-state index contributed by atoms with van der Waals surface area (Å²) in [5.74, 6) is 1.13. The third-order valence-electron chi connectivity index (χ3n) is 4.13. The summed E-state index contributed by atoms with van der Waals surface area (Å²) in [5, 5.41) is 4.58. The van der Waals surface area contributed by atoms with E-state index in [1.165, 1.54) is 6.42 Å². The van der Waals surface area contributed by atoms with Gasteiger partial charge in [0.25, 0.3) is 0 Å². The van der Waals surface area contributed by atoms with E-state index in [1.54, 1.807) is 0 Å². The Bertz CT molecular complexity index is 426. The summed E-state index contributed by atoms with van der Waals surface area (Å²) < 4.78 is 2.09. The molecule has 1 aromatic rings. The van der Waals surface area contributed by atoms with Crippen LogP contribution in [-0.4, -0.2) is 47.4 Å². The van der Waals surface area contributed by atoms with Gasteiger partial charge in [-0.3, -0.25) is 4.90 Å². The maximum Gasteiger partial charge on any atom is 0.150 e. The van der Waals surface area contributed by atoms with Gasteiger partial charge in [-0.2, -0.15) is 5.10 Å². The minimum Gasteiger partial charge on any atom is -0.394 e. The quantitative estimate of drug-likeness (QED) is 0.900. The first-order chi connectivity index (χ1) is 9.08. The number of nitrogen functional groups attached to an aromatic ring is 1. The molecule has 5 nitrogen and oxygen atoms in total. The lowest BCUT2D eigenvalue weighted by Crippen LogP contribution is -2.51. The summed E-state index contributed by atoms with van der Waals surface area (Å²) in [4.78, 5) is 4.86. The first-order valence-corrected chi connectivity index (χ1v) is 7.36. The Morgan fingerprint density at radius 2 is 2.05 bits per heavy atom. The summed E-state index contributed by atoms with van der Waals surface area (Å²) in [7, 11) is 2.21. The number of nitrogens with two attached hydrogens (primary N) is 1. The SMILES string of the molecule is CCCn1nc(C)c(N)c1N1CCN(C)C(CC)C1. The molecule has 0 spiro atoms. The standard InChI is InChI=1S/C14H27N5/c1-5-7-19-14(13(15)11(3)16-19)18-9-8-17(4)12(6-2)10-18/h12H,5-10,15H2,1-4H3. The highest BCUT2D eigenvalue weighted by molar-refractivity contribution is 5.66. The smallest absolute Gasteiger partial charge is 0.150 e. The largest absolute Gasteiger partial charge is 0.394 e. The number of piperazine rings is 1. The lowest BCUT2D eigenvalue weighted by atomic mass is 10.1. The van der Waals surface area contributed by atoms with Crippen LogP contribution in [0.5, 0.6) is 0 Å². The Morgan fingerprint density at radius 3 is 2.68 bits per heavy atom. The minimum atomic E-state index is 0.610. The van der Waals surface area contributed by atoms with Gasteiger partial charge in [0.1, 0.15) is 0 Å². The number of aryl methyl sites for hydroxylation is 2. The van der Waals surface area contributed by atoms with Crippen molar-refractivity contribution in [2.45, 2.75) is 46.2 Å². The van der Waals surface area contributed by atoms with Gasteiger partial charge in [-0.25, -0.2) is 4.68 Å². The minimum absolute atomic E-state index is 0.610. The number of nitrogens with zero attached hydrogens (tertiary/aromatic N) is 4. The molecule has 2 N–H and O–H groups in total. The Labute approximate surface area is 116 Å². The number of rotatable bonds is 4. The molecule has 1 aromatic heterocycles. The average Bonchev–Trinajstić information content (AvgIpc) is 2.67. The fourth-order valence-electron chi connectivity index (χ4n) is 2.86. The van der Waals surface area contributed by atoms with Crippen molar-refractivity contribution >= 4 is 11.5 Å². The molecule has 0 aromatic carbocycles. The highest BCUT2D eigenvalue weighted by Crippen LogP contribution is 2.29. The molecule has 5 heteroatoms. The highest BCUT2D eigenvalue weighted by Gasteiger charge is 2.27. The molecular weight excluding hydrogens is 238 g/mol. The first-order valence-electron chi connectivity index (χ1n) is 7.36. The van der Waals surface area contributed by atoms with Crippen molar-refractivity contribution in [1.29, 1.82) is 0 Å². The molecule has 2 rings (SSSR count). The third kappa shape index (κ3) is 2.71. The van der Waals surface area contributed by atoms with Crippen molar-refractivity contribution in [3.63, 3.8) is 0 Å². The molecule has 1 unspecified atom stereocenters. The number of hydrogen-bond acceptors (Lipinski definition) is 4. The number of hydrogen-bond donors (Lipinski definition) is 1. The molecule has 0 bridgehead atoms. The van der Waals surface area contributed by atoms with Crippen LogP contribution in [0.3, 0.4) is 0 Å². The Kier molecular flexibility index (Phi) is 4.34.